The number of aromatic amines is 1. The molecule has 0 fully saturated rings. The smallest absolute Gasteiger partial charge is 0.352 e. The third kappa shape index (κ3) is 8.34. The molecule has 10 nitrogen and oxygen atoms in total. The Kier molecular flexibility index (Phi) is 6.49. The number of aromatic carboxylic acids is 1. The van der Waals surface area contributed by atoms with Gasteiger partial charge in [0.15, 0.2) is 0 Å². The summed E-state index contributed by atoms with van der Waals surface area (Å²) in [4.78, 5) is 44.9. The maximum atomic E-state index is 11.2. The first kappa shape index (κ1) is 18.5. The third-order valence-electron chi connectivity index (χ3n) is 1.80. The molecule has 1 rings (SSSR count). The molecule has 0 unspecified atom stereocenters. The van der Waals surface area contributed by atoms with Crippen molar-refractivity contribution in [3.8, 4) is 0 Å². The SMILES string of the molecule is C[N+](C)(C)N.O=C(O)CCn1c(C(=O)O)cc(=O)[nH]c1=O. The molecule has 5 N–H and O–H groups in total. The molecular formula is C11H19N4O6+. The first-order valence-corrected chi connectivity index (χ1v) is 5.81. The van der Waals surface area contributed by atoms with Crippen molar-refractivity contribution in [2.75, 3.05) is 21.1 Å². The first-order valence-electron chi connectivity index (χ1n) is 5.81. The Bertz CT molecular complexity index is 619. The second-order valence-electron chi connectivity index (χ2n) is 5.04. The number of nitrogens with zero attached hydrogens (tertiary/aromatic N) is 2. The lowest BCUT2D eigenvalue weighted by Gasteiger charge is -2.12. The van der Waals surface area contributed by atoms with Crippen LogP contribution in [0.3, 0.4) is 0 Å². The topological polar surface area (TPSA) is 155 Å². The summed E-state index contributed by atoms with van der Waals surface area (Å²) in [5, 5.41) is 17.1. The van der Waals surface area contributed by atoms with Crippen LogP contribution >= 0.6 is 0 Å². The highest BCUT2D eigenvalue weighted by Crippen LogP contribution is 1.94. The van der Waals surface area contributed by atoms with Crippen molar-refractivity contribution in [2.45, 2.75) is 13.0 Å². The van der Waals surface area contributed by atoms with Gasteiger partial charge in [-0.15, -0.1) is 0 Å². The van der Waals surface area contributed by atoms with Crippen molar-refractivity contribution in [1.82, 2.24) is 9.55 Å². The first-order chi connectivity index (χ1) is 9.41. The van der Waals surface area contributed by atoms with Crippen LogP contribution < -0.4 is 17.1 Å². The third-order valence-corrected chi connectivity index (χ3v) is 1.80. The van der Waals surface area contributed by atoms with Gasteiger partial charge in [0.2, 0.25) is 0 Å². The van der Waals surface area contributed by atoms with Crippen molar-refractivity contribution in [3.05, 3.63) is 32.6 Å². The van der Waals surface area contributed by atoms with E-state index in [0.717, 1.165) is 6.07 Å². The summed E-state index contributed by atoms with van der Waals surface area (Å²) in [6.07, 6.45) is -0.410. The minimum absolute atomic E-state index is 0.313. The molecule has 1 aromatic rings. The zero-order valence-corrected chi connectivity index (χ0v) is 12.0. The summed E-state index contributed by atoms with van der Waals surface area (Å²) < 4.78 is 1.19. The van der Waals surface area contributed by atoms with Crippen LogP contribution in [0.2, 0.25) is 0 Å². The van der Waals surface area contributed by atoms with Crippen LogP contribution in [0.15, 0.2) is 15.7 Å². The van der Waals surface area contributed by atoms with E-state index < -0.39 is 35.3 Å². The van der Waals surface area contributed by atoms with E-state index in [-0.39, 0.29) is 6.54 Å². The molecule has 0 aliphatic rings. The normalized spacial score (nSPS) is 10.5. The minimum Gasteiger partial charge on any atom is -0.481 e. The minimum atomic E-state index is -1.46. The maximum Gasteiger partial charge on any atom is 0.352 e. The Morgan fingerprint density at radius 1 is 1.29 bits per heavy atom. The second-order valence-corrected chi connectivity index (χ2v) is 5.04. The van der Waals surface area contributed by atoms with Gasteiger partial charge in [0.1, 0.15) is 5.69 Å². The van der Waals surface area contributed by atoms with Crippen LogP contribution in [0.1, 0.15) is 16.9 Å². The zero-order valence-electron chi connectivity index (χ0n) is 12.0. The van der Waals surface area contributed by atoms with Crippen molar-refractivity contribution in [1.29, 1.82) is 0 Å². The van der Waals surface area contributed by atoms with Crippen LogP contribution in [-0.4, -0.2) is 57.4 Å². The van der Waals surface area contributed by atoms with Gasteiger partial charge in [-0.25, -0.2) is 9.59 Å². The van der Waals surface area contributed by atoms with E-state index in [1.165, 1.54) is 0 Å². The van der Waals surface area contributed by atoms with Gasteiger partial charge in [-0.1, -0.05) is 0 Å². The molecule has 10 heteroatoms. The summed E-state index contributed by atoms with van der Waals surface area (Å²) in [6, 6.07) is 0.728. The van der Waals surface area contributed by atoms with E-state index in [4.69, 9.17) is 16.1 Å². The molecule has 0 atom stereocenters. The van der Waals surface area contributed by atoms with Crippen molar-refractivity contribution < 1.29 is 24.4 Å². The lowest BCUT2D eigenvalue weighted by Crippen LogP contribution is -2.41. The monoisotopic (exact) mass is 303 g/mol. The van der Waals surface area contributed by atoms with Gasteiger partial charge in [0, 0.05) is 12.6 Å². The number of carboxylic acid groups (broad SMARTS) is 2. The van der Waals surface area contributed by atoms with E-state index in [0.29, 0.717) is 9.16 Å². The van der Waals surface area contributed by atoms with E-state index >= 15 is 0 Å². The van der Waals surface area contributed by atoms with Gasteiger partial charge in [-0.3, -0.25) is 23.7 Å². The highest BCUT2D eigenvalue weighted by molar-refractivity contribution is 5.85. The van der Waals surface area contributed by atoms with Gasteiger partial charge >= 0.3 is 17.6 Å². The Hall–Kier alpha value is -2.46. The lowest BCUT2D eigenvalue weighted by atomic mass is 10.3. The molecule has 118 valence electrons. The van der Waals surface area contributed by atoms with E-state index in [2.05, 4.69) is 0 Å². The van der Waals surface area contributed by atoms with E-state index in [1.807, 2.05) is 26.1 Å². The van der Waals surface area contributed by atoms with Gasteiger partial charge < -0.3 is 10.2 Å². The molecule has 1 aromatic heterocycles. The molecule has 0 radical (unpaired) electrons. The number of nitrogens with one attached hydrogen (secondary N) is 1. The summed E-state index contributed by atoms with van der Waals surface area (Å²) >= 11 is 0. The fourth-order valence-electron chi connectivity index (χ4n) is 1.13. The summed E-state index contributed by atoms with van der Waals surface area (Å²) in [7, 11) is 5.71. The average molecular weight is 303 g/mol. The van der Waals surface area contributed by atoms with Crippen LogP contribution in [0.4, 0.5) is 0 Å². The van der Waals surface area contributed by atoms with E-state index in [9.17, 15) is 19.2 Å². The number of carbonyl (C=O) groups is 2. The largest absolute Gasteiger partial charge is 0.481 e. The molecule has 1 heterocycles. The van der Waals surface area contributed by atoms with Crippen LogP contribution in [0.25, 0.3) is 0 Å². The fraction of sp³-hybridized carbons (Fsp3) is 0.455. The predicted octanol–water partition coefficient (Wildman–Crippen LogP) is -1.72. The highest BCUT2D eigenvalue weighted by atomic mass is 16.4. The Balaban J connectivity index is 0.000000690. The summed E-state index contributed by atoms with van der Waals surface area (Å²) in [5.41, 5.74) is -2.31. The average Bonchev–Trinajstić information content (AvgIpc) is 2.23. The number of aromatic nitrogens is 2. The quantitative estimate of drug-likeness (QED) is 0.293. The van der Waals surface area contributed by atoms with Gasteiger partial charge in [-0.2, -0.15) is 5.84 Å². The van der Waals surface area contributed by atoms with Crippen LogP contribution in [0.5, 0.6) is 0 Å². The molecule has 21 heavy (non-hydrogen) atoms. The molecular weight excluding hydrogens is 284 g/mol. The van der Waals surface area contributed by atoms with E-state index in [1.54, 1.807) is 0 Å². The predicted molar refractivity (Wildman–Crippen MR) is 72.8 cm³/mol. The molecule has 0 aliphatic heterocycles. The highest BCUT2D eigenvalue weighted by Gasteiger charge is 2.13. The summed E-state index contributed by atoms with van der Waals surface area (Å²) in [5.74, 6) is 2.66. The van der Waals surface area contributed by atoms with Crippen LogP contribution in [0, 0.1) is 0 Å². The molecule has 0 amide bonds. The number of carboxylic acids is 2. The van der Waals surface area contributed by atoms with Crippen molar-refractivity contribution in [2.24, 2.45) is 5.84 Å². The van der Waals surface area contributed by atoms with Gasteiger partial charge in [0.05, 0.1) is 27.6 Å². The Labute approximate surface area is 119 Å². The van der Waals surface area contributed by atoms with Gasteiger partial charge in [0.25, 0.3) is 5.56 Å². The number of nitrogens with two attached hydrogens (primary N) is 1. The molecule has 0 spiro atoms. The Morgan fingerprint density at radius 2 is 1.76 bits per heavy atom. The molecule has 0 aromatic carbocycles. The number of hydrogen-bond acceptors (Lipinski definition) is 5. The van der Waals surface area contributed by atoms with Crippen LogP contribution in [-0.2, 0) is 11.3 Å². The fourth-order valence-corrected chi connectivity index (χ4v) is 1.13. The zero-order chi connectivity index (χ0) is 16.8. The molecule has 0 saturated heterocycles. The summed E-state index contributed by atoms with van der Waals surface area (Å²) in [6.45, 7) is -0.313. The number of aliphatic carboxylic acids is 1. The molecule has 0 aliphatic carbocycles. The molecule has 0 saturated carbocycles. The number of hydrogen-bond donors (Lipinski definition) is 4. The second kappa shape index (κ2) is 7.36. The number of quaternary nitrogens is 1. The lowest BCUT2D eigenvalue weighted by molar-refractivity contribution is -0.882. The molecule has 0 bridgehead atoms. The number of rotatable bonds is 4. The standard InChI is InChI=1S/C8H8N2O6.C3H11N2/c11-5-3-4(7(14)15)10(8(16)9-5)2-1-6(12)13;1-5(2,3)4/h3H,1-2H2,(H,12,13)(H,14,15)(H,9,11,16);4H2,1-3H3/q;+1. The van der Waals surface area contributed by atoms with Gasteiger partial charge in [-0.05, 0) is 0 Å². The van der Waals surface area contributed by atoms with Crippen molar-refractivity contribution >= 4 is 11.9 Å². The number of H-pyrrole nitrogens is 1. The Morgan fingerprint density at radius 3 is 2.14 bits per heavy atom. The van der Waals surface area contributed by atoms with Crippen molar-refractivity contribution in [3.63, 3.8) is 0 Å². The maximum absolute atomic E-state index is 11.2.